The lowest BCUT2D eigenvalue weighted by atomic mass is 9.76. The number of Topliss-reactive ketones (excluding diaryl/α,β-unsaturated/α-hetero) is 1. The fourth-order valence-corrected chi connectivity index (χ4v) is 6.55. The van der Waals surface area contributed by atoms with E-state index in [0.717, 1.165) is 15.7 Å². The largest absolute Gasteiger partial charge is 0.384 e. The molecule has 13 heteroatoms. The molecule has 0 fully saturated rings. The van der Waals surface area contributed by atoms with Crippen molar-refractivity contribution >= 4 is 73.3 Å². The van der Waals surface area contributed by atoms with Crippen molar-refractivity contribution in [3.63, 3.8) is 0 Å². The van der Waals surface area contributed by atoms with Gasteiger partial charge in [0.05, 0.1) is 23.3 Å². The minimum Gasteiger partial charge on any atom is -0.384 e. The maximum atomic E-state index is 13.2. The van der Waals surface area contributed by atoms with Crippen LogP contribution in [0.4, 0.5) is 10.9 Å². The molecule has 0 spiro atoms. The van der Waals surface area contributed by atoms with Gasteiger partial charge in [-0.05, 0) is 58.6 Å². The lowest BCUT2D eigenvalue weighted by Gasteiger charge is -2.38. The number of anilines is 2. The van der Waals surface area contributed by atoms with Crippen molar-refractivity contribution in [2.75, 3.05) is 16.0 Å². The van der Waals surface area contributed by atoms with E-state index in [1.807, 2.05) is 6.07 Å². The van der Waals surface area contributed by atoms with Crippen LogP contribution >= 0.6 is 50.6 Å². The van der Waals surface area contributed by atoms with E-state index in [0.29, 0.717) is 45.1 Å². The maximum Gasteiger partial charge on any atom is 0.235 e. The van der Waals surface area contributed by atoms with Crippen molar-refractivity contribution in [1.29, 1.82) is 5.26 Å². The summed E-state index contributed by atoms with van der Waals surface area (Å²) in [6.45, 7) is 0. The average Bonchev–Trinajstić information content (AvgIpc) is 3.37. The summed E-state index contributed by atoms with van der Waals surface area (Å²) < 4.78 is 1.36. The lowest BCUT2D eigenvalue weighted by Crippen LogP contribution is -2.38. The highest BCUT2D eigenvalue weighted by Gasteiger charge is 2.41. The molecule has 38 heavy (non-hydrogen) atoms. The number of benzene rings is 1. The van der Waals surface area contributed by atoms with Gasteiger partial charge in [-0.15, -0.1) is 10.2 Å². The third-order valence-corrected chi connectivity index (χ3v) is 8.75. The zero-order valence-electron chi connectivity index (χ0n) is 19.6. The van der Waals surface area contributed by atoms with Crippen molar-refractivity contribution in [3.8, 4) is 6.07 Å². The normalized spacial score (nSPS) is 17.3. The summed E-state index contributed by atoms with van der Waals surface area (Å²) >= 11 is 12.0. The summed E-state index contributed by atoms with van der Waals surface area (Å²) in [5.41, 5.74) is 8.82. The van der Waals surface area contributed by atoms with Crippen molar-refractivity contribution in [1.82, 2.24) is 15.2 Å². The second kappa shape index (κ2) is 11.2. The summed E-state index contributed by atoms with van der Waals surface area (Å²) in [7, 11) is 0. The van der Waals surface area contributed by atoms with Gasteiger partial charge in [0, 0.05) is 33.4 Å². The van der Waals surface area contributed by atoms with Crippen molar-refractivity contribution in [2.45, 2.75) is 29.5 Å². The van der Waals surface area contributed by atoms with Gasteiger partial charge >= 0.3 is 0 Å². The average molecular weight is 629 g/mol. The molecule has 0 bridgehead atoms. The molecule has 3 heterocycles. The number of aromatic nitrogens is 3. The van der Waals surface area contributed by atoms with Gasteiger partial charge in [-0.1, -0.05) is 46.8 Å². The Morgan fingerprint density at radius 3 is 2.89 bits per heavy atom. The lowest BCUT2D eigenvalue weighted by molar-refractivity contribution is -0.116. The number of nitrogens with two attached hydrogens (primary N) is 1. The molecule has 192 valence electrons. The number of amides is 1. The molecule has 5 rings (SSSR count). The molecular weight excluding hydrogens is 610 g/mol. The van der Waals surface area contributed by atoms with Crippen molar-refractivity contribution in [3.05, 3.63) is 80.3 Å². The summed E-state index contributed by atoms with van der Waals surface area (Å²) in [4.78, 5) is 31.4. The Bertz CT molecular complexity index is 1530. The second-order valence-corrected chi connectivity index (χ2v) is 12.0. The number of nitrogens with zero attached hydrogens (tertiary/aromatic N) is 5. The third kappa shape index (κ3) is 5.33. The zero-order chi connectivity index (χ0) is 26.8. The van der Waals surface area contributed by atoms with Crippen LogP contribution in [-0.4, -0.2) is 32.6 Å². The van der Waals surface area contributed by atoms with Crippen LogP contribution in [0.15, 0.2) is 74.1 Å². The molecule has 0 saturated carbocycles. The van der Waals surface area contributed by atoms with Crippen LogP contribution < -0.4 is 16.0 Å². The van der Waals surface area contributed by atoms with E-state index in [4.69, 9.17) is 17.3 Å². The van der Waals surface area contributed by atoms with Gasteiger partial charge in [-0.2, -0.15) is 5.26 Å². The van der Waals surface area contributed by atoms with E-state index in [1.165, 1.54) is 23.1 Å². The number of carbonyl (C=O) groups is 2. The van der Waals surface area contributed by atoms with Gasteiger partial charge in [0.1, 0.15) is 11.6 Å². The number of hydrogen-bond acceptors (Lipinski definition) is 10. The number of nitrogens with one attached hydrogen (secondary N) is 1. The van der Waals surface area contributed by atoms with Gasteiger partial charge in [-0.25, -0.2) is 4.98 Å². The summed E-state index contributed by atoms with van der Waals surface area (Å²) in [6.07, 6.45) is 3.25. The highest BCUT2D eigenvalue weighted by atomic mass is 79.9. The van der Waals surface area contributed by atoms with Crippen LogP contribution in [0.5, 0.6) is 0 Å². The number of ketones is 1. The topological polar surface area (TPSA) is 138 Å². The van der Waals surface area contributed by atoms with Gasteiger partial charge in [0.15, 0.2) is 10.1 Å². The SMILES string of the molecule is N#CC1=C(N)N(c2nnc(SCC(=O)Nc3ccc(Br)cn3)s2)C2=C(C(=O)CCC2)C1c1cccc(Cl)c1. The number of nitriles is 1. The number of halogens is 2. The number of pyridine rings is 1. The molecule has 1 aromatic carbocycles. The molecule has 1 unspecified atom stereocenters. The van der Waals surface area contributed by atoms with E-state index >= 15 is 0 Å². The monoisotopic (exact) mass is 627 g/mol. The Kier molecular flexibility index (Phi) is 7.80. The van der Waals surface area contributed by atoms with E-state index in [9.17, 15) is 14.9 Å². The number of thioether (sulfide) groups is 1. The first-order valence-electron chi connectivity index (χ1n) is 11.4. The molecule has 1 aliphatic carbocycles. The minimum atomic E-state index is -0.601. The molecule has 0 saturated heterocycles. The first kappa shape index (κ1) is 26.4. The molecule has 3 aromatic rings. The van der Waals surface area contributed by atoms with Gasteiger partial charge in [0.2, 0.25) is 11.0 Å². The fraction of sp³-hybridized carbons (Fsp3) is 0.200. The molecule has 3 N–H and O–H groups in total. The van der Waals surface area contributed by atoms with Crippen molar-refractivity contribution < 1.29 is 9.59 Å². The predicted octanol–water partition coefficient (Wildman–Crippen LogP) is 5.38. The van der Waals surface area contributed by atoms with E-state index < -0.39 is 5.92 Å². The zero-order valence-corrected chi connectivity index (χ0v) is 23.6. The van der Waals surface area contributed by atoms with Crippen LogP contribution in [0.3, 0.4) is 0 Å². The summed E-state index contributed by atoms with van der Waals surface area (Å²) in [5.74, 6) is -0.114. The highest BCUT2D eigenvalue weighted by molar-refractivity contribution is 9.10. The Labute approximate surface area is 239 Å². The van der Waals surface area contributed by atoms with Gasteiger partial charge in [-0.3, -0.25) is 14.5 Å². The van der Waals surface area contributed by atoms with E-state index in [-0.39, 0.29) is 28.8 Å². The van der Waals surface area contributed by atoms with Crippen LogP contribution in [0.25, 0.3) is 0 Å². The minimum absolute atomic E-state index is 0.0289. The number of hydrogen-bond donors (Lipinski definition) is 2. The molecule has 2 aromatic heterocycles. The standard InChI is InChI=1S/C25H19BrClN7O2S2/c26-14-7-8-19(30-11-14)31-20(36)12-37-25-33-32-24(38-25)34-17-5-2-6-18(35)22(17)21(16(10-28)23(34)29)13-3-1-4-15(27)9-13/h1,3-4,7-9,11,21H,2,5-6,12,29H2,(H,30,31,36). The summed E-state index contributed by atoms with van der Waals surface area (Å²) in [6, 6.07) is 12.8. The maximum absolute atomic E-state index is 13.2. The van der Waals surface area contributed by atoms with Crippen molar-refractivity contribution in [2.24, 2.45) is 5.73 Å². The molecule has 9 nitrogen and oxygen atoms in total. The second-order valence-electron chi connectivity index (χ2n) is 8.42. The molecule has 0 radical (unpaired) electrons. The number of carbonyl (C=O) groups excluding carboxylic acids is 2. The first-order chi connectivity index (χ1) is 18.4. The predicted molar refractivity (Wildman–Crippen MR) is 151 cm³/mol. The molecule has 1 aliphatic heterocycles. The van der Waals surface area contributed by atoms with Crippen LogP contribution in [0, 0.1) is 11.3 Å². The number of rotatable bonds is 6. The Balaban J connectivity index is 1.42. The van der Waals surface area contributed by atoms with E-state index in [2.05, 4.69) is 42.5 Å². The quantitative estimate of drug-likeness (QED) is 0.344. The smallest absolute Gasteiger partial charge is 0.235 e. The highest BCUT2D eigenvalue weighted by Crippen LogP contribution is 2.47. The van der Waals surface area contributed by atoms with Crippen LogP contribution in [-0.2, 0) is 9.59 Å². The fourth-order valence-electron chi connectivity index (χ4n) is 4.43. The van der Waals surface area contributed by atoms with E-state index in [1.54, 1.807) is 41.4 Å². The Morgan fingerprint density at radius 2 is 2.16 bits per heavy atom. The molecular formula is C25H19BrClN7O2S2. The Morgan fingerprint density at radius 1 is 1.32 bits per heavy atom. The first-order valence-corrected chi connectivity index (χ1v) is 14.4. The summed E-state index contributed by atoms with van der Waals surface area (Å²) in [5, 5.41) is 22.3. The van der Waals surface area contributed by atoms with Crippen LogP contribution in [0.1, 0.15) is 30.7 Å². The van der Waals surface area contributed by atoms with Gasteiger partial charge in [0.25, 0.3) is 0 Å². The van der Waals surface area contributed by atoms with Crippen LogP contribution in [0.2, 0.25) is 5.02 Å². The number of allylic oxidation sites excluding steroid dienone is 3. The molecule has 2 aliphatic rings. The van der Waals surface area contributed by atoms with Gasteiger partial charge < -0.3 is 11.1 Å². The third-order valence-electron chi connectivity index (χ3n) is 6.00. The molecule has 1 atom stereocenters. The molecule has 1 amide bonds. The Hall–Kier alpha value is -3.24.